The van der Waals surface area contributed by atoms with Crippen LogP contribution in [0.15, 0.2) is 23.6 Å². The molecule has 6 nitrogen and oxygen atoms in total. The van der Waals surface area contributed by atoms with Gasteiger partial charge in [-0.25, -0.2) is 14.7 Å². The maximum atomic E-state index is 11.9. The molecule has 1 fully saturated rings. The van der Waals surface area contributed by atoms with Crippen molar-refractivity contribution in [2.75, 3.05) is 18.0 Å². The van der Waals surface area contributed by atoms with E-state index in [0.29, 0.717) is 16.7 Å². The quantitative estimate of drug-likeness (QED) is 0.704. The van der Waals surface area contributed by atoms with Crippen LogP contribution in [0.4, 0.5) is 15.6 Å². The first kappa shape index (κ1) is 20.5. The molecule has 0 aliphatic carbocycles. The van der Waals surface area contributed by atoms with Crippen LogP contribution in [0, 0.1) is 5.92 Å². The van der Waals surface area contributed by atoms with E-state index in [9.17, 15) is 15.0 Å². The van der Waals surface area contributed by atoms with Gasteiger partial charge in [-0.2, -0.15) is 0 Å². The highest BCUT2D eigenvalue weighted by atomic mass is 35.5. The van der Waals surface area contributed by atoms with Crippen molar-refractivity contribution in [2.45, 2.75) is 32.6 Å². The van der Waals surface area contributed by atoms with E-state index in [1.807, 2.05) is 12.3 Å². The van der Waals surface area contributed by atoms with Gasteiger partial charge in [-0.1, -0.05) is 6.92 Å². The van der Waals surface area contributed by atoms with E-state index in [1.54, 1.807) is 12.1 Å². The third kappa shape index (κ3) is 4.66. The Morgan fingerprint density at radius 1 is 1.38 bits per heavy atom. The van der Waals surface area contributed by atoms with Gasteiger partial charge in [0.25, 0.3) is 0 Å². The number of thiazole rings is 1. The highest BCUT2D eigenvalue weighted by Gasteiger charge is 2.25. The molecule has 0 spiro atoms. The monoisotopic (exact) mass is 397 g/mol. The van der Waals surface area contributed by atoms with Gasteiger partial charge < -0.3 is 15.5 Å². The van der Waals surface area contributed by atoms with E-state index in [1.165, 1.54) is 22.3 Å². The van der Waals surface area contributed by atoms with E-state index in [0.717, 1.165) is 50.0 Å². The lowest BCUT2D eigenvalue weighted by Crippen LogP contribution is -2.29. The maximum Gasteiger partial charge on any atom is 0.418 e. The van der Waals surface area contributed by atoms with E-state index in [-0.39, 0.29) is 18.2 Å². The number of carbonyl (C=O) groups is 1. The summed E-state index contributed by atoms with van der Waals surface area (Å²) >= 11 is 1.33. The van der Waals surface area contributed by atoms with E-state index in [2.05, 4.69) is 10.3 Å². The Labute approximate surface area is 163 Å². The summed E-state index contributed by atoms with van der Waals surface area (Å²) in [5.74, 6) is 0.645. The molecule has 0 radical (unpaired) electrons. The van der Waals surface area contributed by atoms with Crippen molar-refractivity contribution < 1.29 is 15.0 Å². The predicted octanol–water partition coefficient (Wildman–Crippen LogP) is 4.19. The minimum Gasteiger partial charge on any atom is -0.508 e. The number of benzene rings is 1. The molecule has 3 N–H and O–H groups in total. The summed E-state index contributed by atoms with van der Waals surface area (Å²) in [7, 11) is 0. The van der Waals surface area contributed by atoms with Crippen LogP contribution in [-0.2, 0) is 12.8 Å². The molecule has 142 valence electrons. The summed E-state index contributed by atoms with van der Waals surface area (Å²) in [5, 5.41) is 25.4. The van der Waals surface area contributed by atoms with Crippen molar-refractivity contribution in [3.8, 4) is 5.75 Å². The standard InChI is InChI=1S/C18H23N3O3S.ClH/c1-2-14-11-25-17(20-14)21(18(23)24)16-4-3-15(22)10-13(16)9-12-5-7-19-8-6-12;/h3-4,10-12,19,22H,2,5-9H2,1H3,(H,23,24);1H. The highest BCUT2D eigenvalue weighted by molar-refractivity contribution is 7.14. The molecule has 3 rings (SSSR count). The Morgan fingerprint density at radius 3 is 2.73 bits per heavy atom. The molecule has 2 heterocycles. The van der Waals surface area contributed by atoms with Crippen LogP contribution >= 0.6 is 23.7 Å². The second kappa shape index (κ2) is 9.21. The molecular weight excluding hydrogens is 374 g/mol. The number of rotatable bonds is 5. The Hall–Kier alpha value is -1.83. The molecule has 1 aliphatic heterocycles. The molecule has 1 amide bonds. The Balaban J connectivity index is 0.00000243. The fourth-order valence-electron chi connectivity index (χ4n) is 3.20. The second-order valence-electron chi connectivity index (χ2n) is 6.30. The number of phenolic OH excluding ortho intramolecular Hbond substituents is 1. The number of phenols is 1. The number of hydrogen-bond donors (Lipinski definition) is 3. The van der Waals surface area contributed by atoms with Crippen molar-refractivity contribution in [3.63, 3.8) is 0 Å². The fraction of sp³-hybridized carbons (Fsp3) is 0.444. The zero-order chi connectivity index (χ0) is 17.8. The minimum absolute atomic E-state index is 0. The molecule has 2 aromatic rings. The number of aromatic nitrogens is 1. The van der Waals surface area contributed by atoms with Gasteiger partial charge in [0.15, 0.2) is 5.13 Å². The minimum atomic E-state index is -1.06. The number of nitrogens with zero attached hydrogens (tertiary/aromatic N) is 2. The molecule has 1 aromatic carbocycles. The number of carboxylic acid groups (broad SMARTS) is 1. The van der Waals surface area contributed by atoms with Gasteiger partial charge >= 0.3 is 6.09 Å². The summed E-state index contributed by atoms with van der Waals surface area (Å²) in [6.45, 7) is 3.95. The molecule has 26 heavy (non-hydrogen) atoms. The summed E-state index contributed by atoms with van der Waals surface area (Å²) in [5.41, 5.74) is 2.31. The first-order valence-electron chi connectivity index (χ1n) is 8.58. The molecule has 0 atom stereocenters. The number of anilines is 2. The Morgan fingerprint density at radius 2 is 2.12 bits per heavy atom. The van der Waals surface area contributed by atoms with Gasteiger partial charge in [-0.15, -0.1) is 23.7 Å². The molecule has 0 unspecified atom stereocenters. The number of nitrogens with one attached hydrogen (secondary N) is 1. The lowest BCUT2D eigenvalue weighted by atomic mass is 9.90. The second-order valence-corrected chi connectivity index (χ2v) is 7.14. The van der Waals surface area contributed by atoms with Crippen LogP contribution in [0.1, 0.15) is 31.0 Å². The number of hydrogen-bond acceptors (Lipinski definition) is 5. The van der Waals surface area contributed by atoms with Crippen LogP contribution in [0.2, 0.25) is 0 Å². The van der Waals surface area contributed by atoms with Crippen molar-refractivity contribution in [1.29, 1.82) is 0 Å². The van der Waals surface area contributed by atoms with Gasteiger partial charge in [0.1, 0.15) is 5.75 Å². The number of aromatic hydroxyl groups is 1. The average molecular weight is 398 g/mol. The Kier molecular flexibility index (Phi) is 7.25. The SMILES string of the molecule is CCc1csc(N(C(=O)O)c2ccc(O)cc2CC2CCNCC2)n1.Cl. The number of piperidine rings is 1. The lowest BCUT2D eigenvalue weighted by Gasteiger charge is -2.25. The molecule has 8 heteroatoms. The number of aryl methyl sites for hydroxylation is 1. The van der Waals surface area contributed by atoms with Crippen molar-refractivity contribution >= 4 is 40.7 Å². The summed E-state index contributed by atoms with van der Waals surface area (Å²) in [6.07, 6.45) is 2.57. The smallest absolute Gasteiger partial charge is 0.418 e. The van der Waals surface area contributed by atoms with Crippen LogP contribution in [-0.4, -0.2) is 34.4 Å². The number of amides is 1. The zero-order valence-corrected chi connectivity index (χ0v) is 16.3. The van der Waals surface area contributed by atoms with Crippen LogP contribution in [0.5, 0.6) is 5.75 Å². The third-order valence-corrected chi connectivity index (χ3v) is 5.43. The zero-order valence-electron chi connectivity index (χ0n) is 14.6. The van der Waals surface area contributed by atoms with Gasteiger partial charge in [-0.3, -0.25) is 0 Å². The van der Waals surface area contributed by atoms with Crippen molar-refractivity contribution in [3.05, 3.63) is 34.8 Å². The van der Waals surface area contributed by atoms with E-state index < -0.39 is 6.09 Å². The first-order valence-corrected chi connectivity index (χ1v) is 9.46. The molecule has 1 aromatic heterocycles. The van der Waals surface area contributed by atoms with Gasteiger partial charge in [0, 0.05) is 5.38 Å². The third-order valence-electron chi connectivity index (χ3n) is 4.56. The lowest BCUT2D eigenvalue weighted by molar-refractivity contribution is 0.204. The van der Waals surface area contributed by atoms with Crippen LogP contribution in [0.25, 0.3) is 0 Å². The van der Waals surface area contributed by atoms with Gasteiger partial charge in [-0.05, 0) is 68.5 Å². The van der Waals surface area contributed by atoms with Crippen LogP contribution in [0.3, 0.4) is 0 Å². The van der Waals surface area contributed by atoms with Crippen molar-refractivity contribution in [2.24, 2.45) is 5.92 Å². The number of halogens is 1. The topological polar surface area (TPSA) is 85.7 Å². The molecule has 1 saturated heterocycles. The molecule has 0 saturated carbocycles. The van der Waals surface area contributed by atoms with E-state index >= 15 is 0 Å². The molecular formula is C18H24ClN3O3S. The first-order chi connectivity index (χ1) is 12.1. The van der Waals surface area contributed by atoms with Gasteiger partial charge in [0.05, 0.1) is 11.4 Å². The average Bonchev–Trinajstić information content (AvgIpc) is 3.06. The maximum absolute atomic E-state index is 11.9. The predicted molar refractivity (Wildman–Crippen MR) is 106 cm³/mol. The highest BCUT2D eigenvalue weighted by Crippen LogP contribution is 2.35. The summed E-state index contributed by atoms with van der Waals surface area (Å²) in [4.78, 5) is 17.6. The van der Waals surface area contributed by atoms with Crippen LogP contribution < -0.4 is 10.2 Å². The largest absolute Gasteiger partial charge is 0.508 e. The van der Waals surface area contributed by atoms with E-state index in [4.69, 9.17) is 0 Å². The Bertz CT molecular complexity index is 747. The molecule has 1 aliphatic rings. The van der Waals surface area contributed by atoms with Gasteiger partial charge in [0.2, 0.25) is 0 Å². The molecule has 0 bridgehead atoms. The fourth-order valence-corrected chi connectivity index (χ4v) is 4.11. The van der Waals surface area contributed by atoms with Crippen molar-refractivity contribution in [1.82, 2.24) is 10.3 Å². The normalized spacial score (nSPS) is 14.7. The summed E-state index contributed by atoms with van der Waals surface area (Å²) < 4.78 is 0. The summed E-state index contributed by atoms with van der Waals surface area (Å²) in [6, 6.07) is 4.89.